The van der Waals surface area contributed by atoms with Gasteiger partial charge in [0.25, 0.3) is 0 Å². The number of carbonyl (C=O) groups excluding carboxylic acids is 2. The van der Waals surface area contributed by atoms with Gasteiger partial charge in [-0.25, -0.2) is 0 Å². The molecule has 161 valence electrons. The molecule has 0 unspecified atom stereocenters. The van der Waals surface area contributed by atoms with Gasteiger partial charge in [-0.2, -0.15) is 0 Å². The molecule has 0 heterocycles. The van der Waals surface area contributed by atoms with Crippen molar-refractivity contribution in [3.05, 3.63) is 23.7 Å². The van der Waals surface area contributed by atoms with Crippen molar-refractivity contribution in [1.29, 1.82) is 0 Å². The molecule has 0 aromatic heterocycles. The van der Waals surface area contributed by atoms with Crippen LogP contribution in [0.1, 0.15) is 83.1 Å². The minimum Gasteiger partial charge on any atom is -0.512 e. The van der Waals surface area contributed by atoms with E-state index in [1.807, 2.05) is 83.1 Å². The van der Waals surface area contributed by atoms with Crippen LogP contribution in [0.15, 0.2) is 23.7 Å². The summed E-state index contributed by atoms with van der Waals surface area (Å²) in [6.07, 6.45) is 2.67. The van der Waals surface area contributed by atoms with Crippen molar-refractivity contribution >= 4 is 11.6 Å². The molecule has 0 saturated carbocycles. The molecule has 0 aromatic carbocycles. The number of aliphatic hydroxyl groups excluding tert-OH is 2. The van der Waals surface area contributed by atoms with E-state index in [4.69, 9.17) is 0 Å². The van der Waals surface area contributed by atoms with Crippen LogP contribution >= 0.6 is 0 Å². The minimum absolute atomic E-state index is 0. The summed E-state index contributed by atoms with van der Waals surface area (Å²) >= 11 is 0. The molecule has 1 radical (unpaired) electrons. The molecule has 0 aliphatic carbocycles. The van der Waals surface area contributed by atoms with Crippen molar-refractivity contribution in [3.8, 4) is 0 Å². The predicted molar refractivity (Wildman–Crippen MR) is 109 cm³/mol. The molecule has 0 aliphatic heterocycles. The van der Waals surface area contributed by atoms with Crippen LogP contribution in [-0.2, 0) is 26.4 Å². The number of hydrogen-bond acceptors (Lipinski definition) is 4. The van der Waals surface area contributed by atoms with E-state index in [9.17, 15) is 19.8 Å². The Hall–Kier alpha value is -1.07. The summed E-state index contributed by atoms with van der Waals surface area (Å²) in [6.45, 7) is 22.2. The maximum absolute atomic E-state index is 11.5. The monoisotopic (exact) mass is 427 g/mol. The van der Waals surface area contributed by atoms with Gasteiger partial charge in [-0.3, -0.25) is 9.59 Å². The Morgan fingerprint density at radius 3 is 0.815 bits per heavy atom. The standard InChI is InChI=1S/2C11H20O2.Co/c2*1-10(2,3)8(12)7-9(13)11(4,5)6;/h2*7,12H,1-6H3;/b2*8-7+;. The molecule has 2 N–H and O–H groups in total. The molecule has 4 nitrogen and oxygen atoms in total. The third-order valence-electron chi connectivity index (χ3n) is 3.55. The molecule has 0 fully saturated rings. The van der Waals surface area contributed by atoms with Crippen LogP contribution in [-0.4, -0.2) is 21.8 Å². The van der Waals surface area contributed by atoms with E-state index in [-0.39, 0.29) is 50.7 Å². The molecular formula is C22H40CoO4. The molecule has 0 saturated heterocycles. The summed E-state index contributed by atoms with van der Waals surface area (Å²) in [7, 11) is 0. The van der Waals surface area contributed by atoms with Gasteiger partial charge in [0.15, 0.2) is 11.6 Å². The van der Waals surface area contributed by atoms with E-state index in [2.05, 4.69) is 0 Å². The van der Waals surface area contributed by atoms with Gasteiger partial charge >= 0.3 is 0 Å². The molecule has 0 rings (SSSR count). The molecule has 0 aliphatic rings. The van der Waals surface area contributed by atoms with E-state index in [1.165, 1.54) is 12.2 Å². The van der Waals surface area contributed by atoms with Crippen LogP contribution in [0.2, 0.25) is 0 Å². The summed E-state index contributed by atoms with van der Waals surface area (Å²) in [5, 5.41) is 19.1. The fourth-order valence-electron chi connectivity index (χ4n) is 1.11. The van der Waals surface area contributed by atoms with E-state index >= 15 is 0 Å². The zero-order valence-corrected chi connectivity index (χ0v) is 20.2. The average molecular weight is 427 g/mol. The summed E-state index contributed by atoms with van der Waals surface area (Å²) in [5.74, 6) is 0.208. The van der Waals surface area contributed by atoms with Gasteiger partial charge in [0.1, 0.15) is 11.5 Å². The second-order valence-electron chi connectivity index (χ2n) is 10.8. The van der Waals surface area contributed by atoms with Crippen LogP contribution in [0.4, 0.5) is 0 Å². The third kappa shape index (κ3) is 13.7. The smallest absolute Gasteiger partial charge is 0.164 e. The van der Waals surface area contributed by atoms with Crippen LogP contribution < -0.4 is 0 Å². The van der Waals surface area contributed by atoms with E-state index in [0.717, 1.165) is 0 Å². The molecule has 0 bridgehead atoms. The average Bonchev–Trinajstić information content (AvgIpc) is 2.34. The first-order valence-corrected chi connectivity index (χ1v) is 9.01. The van der Waals surface area contributed by atoms with Gasteiger partial charge in [0, 0.05) is 50.6 Å². The first-order chi connectivity index (χ1) is 11.1. The van der Waals surface area contributed by atoms with Gasteiger partial charge in [0.05, 0.1) is 0 Å². The zero-order valence-electron chi connectivity index (χ0n) is 19.2. The second-order valence-corrected chi connectivity index (χ2v) is 10.8. The van der Waals surface area contributed by atoms with Crippen molar-refractivity contribution in [2.24, 2.45) is 21.7 Å². The number of rotatable bonds is 2. The number of hydrogen-bond donors (Lipinski definition) is 2. The Bertz CT molecular complexity index is 505. The second kappa shape index (κ2) is 10.5. The molecule has 0 atom stereocenters. The van der Waals surface area contributed by atoms with Crippen molar-refractivity contribution in [1.82, 2.24) is 0 Å². The van der Waals surface area contributed by atoms with Gasteiger partial charge in [-0.1, -0.05) is 83.1 Å². The fourth-order valence-corrected chi connectivity index (χ4v) is 1.11. The molecule has 0 spiro atoms. The van der Waals surface area contributed by atoms with Crippen molar-refractivity contribution in [2.75, 3.05) is 0 Å². The number of aliphatic hydroxyl groups is 2. The quantitative estimate of drug-likeness (QED) is 0.408. The van der Waals surface area contributed by atoms with Gasteiger partial charge in [-0.05, 0) is 0 Å². The van der Waals surface area contributed by atoms with Gasteiger partial charge < -0.3 is 10.2 Å². The van der Waals surface area contributed by atoms with Crippen LogP contribution in [0, 0.1) is 21.7 Å². The Kier molecular flexibility index (Phi) is 11.9. The first-order valence-electron chi connectivity index (χ1n) is 9.01. The first kappa shape index (κ1) is 30.6. The normalized spacial score (nSPS) is 13.9. The Morgan fingerprint density at radius 2 is 0.704 bits per heavy atom. The van der Waals surface area contributed by atoms with E-state index in [0.29, 0.717) is 0 Å². The number of allylic oxidation sites excluding steroid dienone is 4. The topological polar surface area (TPSA) is 74.6 Å². The summed E-state index contributed by atoms with van der Waals surface area (Å²) in [5.41, 5.74) is -1.53. The maximum Gasteiger partial charge on any atom is 0.164 e. The summed E-state index contributed by atoms with van der Waals surface area (Å²) in [6, 6.07) is 0. The van der Waals surface area contributed by atoms with Gasteiger partial charge in [-0.15, -0.1) is 0 Å². The molecule has 5 heteroatoms. The zero-order chi connectivity index (χ0) is 21.7. The van der Waals surface area contributed by atoms with Crippen LogP contribution in [0.5, 0.6) is 0 Å². The summed E-state index contributed by atoms with van der Waals surface area (Å²) in [4.78, 5) is 23.0. The Balaban J connectivity index is -0.000000411. The Morgan fingerprint density at radius 1 is 0.519 bits per heavy atom. The largest absolute Gasteiger partial charge is 0.512 e. The molecule has 0 amide bonds. The number of carbonyl (C=O) groups is 2. The summed E-state index contributed by atoms with van der Waals surface area (Å²) < 4.78 is 0. The van der Waals surface area contributed by atoms with Crippen molar-refractivity contribution in [2.45, 2.75) is 83.1 Å². The number of ketones is 2. The Labute approximate surface area is 176 Å². The van der Waals surface area contributed by atoms with Crippen molar-refractivity contribution in [3.63, 3.8) is 0 Å². The molecular weight excluding hydrogens is 387 g/mol. The van der Waals surface area contributed by atoms with Gasteiger partial charge in [0.2, 0.25) is 0 Å². The predicted octanol–water partition coefficient (Wildman–Crippen LogP) is 6.18. The maximum atomic E-state index is 11.5. The van der Waals surface area contributed by atoms with E-state index in [1.54, 1.807) is 0 Å². The molecule has 0 aromatic rings. The van der Waals surface area contributed by atoms with Crippen molar-refractivity contribution < 1.29 is 36.6 Å². The van der Waals surface area contributed by atoms with Crippen LogP contribution in [0.3, 0.4) is 0 Å². The fraction of sp³-hybridized carbons (Fsp3) is 0.727. The van der Waals surface area contributed by atoms with E-state index < -0.39 is 10.8 Å². The minimum atomic E-state index is -0.417. The third-order valence-corrected chi connectivity index (χ3v) is 3.55. The van der Waals surface area contributed by atoms with Crippen LogP contribution in [0.25, 0.3) is 0 Å². The molecule has 27 heavy (non-hydrogen) atoms. The SMILES string of the molecule is CC(C)(C)C(=O)/C=C(/O)C(C)(C)C.CC(C)(C)C(=O)/C=C(/O)C(C)(C)C.[Co].